The average molecular weight is 408 g/mol. The predicted molar refractivity (Wildman–Crippen MR) is 93.2 cm³/mol. The van der Waals surface area contributed by atoms with Crippen molar-refractivity contribution < 1.29 is 36.6 Å². The van der Waals surface area contributed by atoms with Gasteiger partial charge in [-0.2, -0.15) is 0 Å². The van der Waals surface area contributed by atoms with Gasteiger partial charge in [0.05, 0.1) is 12.7 Å². The fourth-order valence-electron chi connectivity index (χ4n) is 2.32. The maximum atomic E-state index is 12.2. The number of esters is 1. The fourth-order valence-corrected chi connectivity index (χ4v) is 2.32. The van der Waals surface area contributed by atoms with Crippen LogP contribution in [0.15, 0.2) is 52.9 Å². The second kappa shape index (κ2) is 8.21. The number of halogens is 3. The van der Waals surface area contributed by atoms with Gasteiger partial charge in [-0.1, -0.05) is 0 Å². The Bertz CT molecular complexity index is 969. The maximum absolute atomic E-state index is 12.2. The number of carbonyl (C=O) groups is 1. The Balaban J connectivity index is 1.64. The summed E-state index contributed by atoms with van der Waals surface area (Å²) in [6.45, 7) is 1.53. The molecule has 0 saturated heterocycles. The molecule has 0 aliphatic heterocycles. The van der Waals surface area contributed by atoms with Crippen LogP contribution >= 0.6 is 0 Å². The van der Waals surface area contributed by atoms with E-state index in [1.807, 2.05) is 0 Å². The molecule has 0 aliphatic rings. The molecule has 3 rings (SSSR count). The summed E-state index contributed by atoms with van der Waals surface area (Å²) in [5.41, 5.74) is 0.699. The lowest BCUT2D eigenvalue weighted by Gasteiger charge is -2.11. The van der Waals surface area contributed by atoms with Crippen molar-refractivity contribution in [1.29, 1.82) is 0 Å². The third-order valence-electron chi connectivity index (χ3n) is 3.73. The normalized spacial score (nSPS) is 12.3. The maximum Gasteiger partial charge on any atom is 0.573 e. The number of hydrogen-bond donors (Lipinski definition) is 0. The van der Waals surface area contributed by atoms with Crippen LogP contribution in [0.3, 0.4) is 0 Å². The fraction of sp³-hybridized carbons (Fsp3) is 0.211. The largest absolute Gasteiger partial charge is 0.573 e. The Kier molecular flexibility index (Phi) is 5.71. The summed E-state index contributed by atoms with van der Waals surface area (Å²) in [5.74, 6) is -0.230. The average Bonchev–Trinajstić information content (AvgIpc) is 3.17. The van der Waals surface area contributed by atoms with E-state index in [1.54, 1.807) is 31.4 Å². The van der Waals surface area contributed by atoms with Crippen LogP contribution < -0.4 is 9.47 Å². The van der Waals surface area contributed by atoms with Crippen molar-refractivity contribution in [3.05, 3.63) is 60.0 Å². The first-order valence-electron chi connectivity index (χ1n) is 8.30. The molecule has 0 saturated carbocycles. The molecule has 0 aliphatic carbocycles. The molecule has 0 N–H and O–H groups in total. The van der Waals surface area contributed by atoms with E-state index in [0.717, 1.165) is 24.3 Å². The molecule has 0 amide bonds. The van der Waals surface area contributed by atoms with Gasteiger partial charge < -0.3 is 18.6 Å². The number of benzene rings is 2. The van der Waals surface area contributed by atoms with Crippen molar-refractivity contribution in [3.63, 3.8) is 0 Å². The third-order valence-corrected chi connectivity index (χ3v) is 3.73. The zero-order valence-electron chi connectivity index (χ0n) is 15.3. The van der Waals surface area contributed by atoms with E-state index in [0.29, 0.717) is 11.3 Å². The van der Waals surface area contributed by atoms with Gasteiger partial charge in [0.1, 0.15) is 11.5 Å². The van der Waals surface area contributed by atoms with Crippen molar-refractivity contribution in [2.45, 2.75) is 19.4 Å². The zero-order chi connectivity index (χ0) is 21.0. The molecule has 2 aromatic carbocycles. The Morgan fingerprint density at radius 1 is 1.00 bits per heavy atom. The van der Waals surface area contributed by atoms with Gasteiger partial charge in [0.25, 0.3) is 5.89 Å². The number of alkyl halides is 3. The number of aromatic nitrogens is 2. The molecule has 1 atom stereocenters. The molecule has 152 valence electrons. The topological polar surface area (TPSA) is 83.7 Å². The summed E-state index contributed by atoms with van der Waals surface area (Å²) in [4.78, 5) is 12.2. The molecule has 3 aromatic rings. The molecule has 1 heterocycles. The van der Waals surface area contributed by atoms with E-state index in [2.05, 4.69) is 14.9 Å². The summed E-state index contributed by atoms with van der Waals surface area (Å²) in [5, 5.41) is 7.78. The molecular formula is C19H15F3N2O5. The highest BCUT2D eigenvalue weighted by Gasteiger charge is 2.31. The minimum absolute atomic E-state index is 0.0428. The first kappa shape index (κ1) is 20.2. The molecule has 0 radical (unpaired) electrons. The van der Waals surface area contributed by atoms with Gasteiger partial charge in [0, 0.05) is 5.56 Å². The zero-order valence-corrected chi connectivity index (χ0v) is 15.3. The molecular weight excluding hydrogens is 393 g/mol. The molecule has 7 nitrogen and oxygen atoms in total. The molecule has 0 unspecified atom stereocenters. The number of methoxy groups -OCH3 is 1. The van der Waals surface area contributed by atoms with Crippen molar-refractivity contribution >= 4 is 5.97 Å². The van der Waals surface area contributed by atoms with E-state index >= 15 is 0 Å². The number of ether oxygens (including phenoxy) is 3. The standard InChI is InChI=1S/C19H15F3N2O5/c1-11(16-23-24-17(28-16)12-3-7-14(26-2)8-4-12)27-18(25)13-5-9-15(10-6-13)29-19(20,21)22/h3-11H,1-2H3/t11-/m0/s1. The molecule has 1 aromatic heterocycles. The van der Waals surface area contributed by atoms with Gasteiger partial charge in [0.15, 0.2) is 6.10 Å². The van der Waals surface area contributed by atoms with E-state index in [-0.39, 0.29) is 17.3 Å². The minimum Gasteiger partial charge on any atom is -0.497 e. The molecule has 0 spiro atoms. The Morgan fingerprint density at radius 2 is 1.62 bits per heavy atom. The quantitative estimate of drug-likeness (QED) is 0.553. The van der Waals surface area contributed by atoms with Crippen LogP contribution in [0.5, 0.6) is 11.5 Å². The summed E-state index contributed by atoms with van der Waals surface area (Å²) in [6.07, 6.45) is -5.68. The van der Waals surface area contributed by atoms with Crippen LogP contribution in [0.4, 0.5) is 13.2 Å². The lowest BCUT2D eigenvalue weighted by atomic mass is 10.2. The number of hydrogen-bond acceptors (Lipinski definition) is 7. The van der Waals surface area contributed by atoms with E-state index < -0.39 is 24.2 Å². The highest BCUT2D eigenvalue weighted by molar-refractivity contribution is 5.89. The number of rotatable bonds is 6. The first-order valence-corrected chi connectivity index (χ1v) is 8.30. The van der Waals surface area contributed by atoms with Crippen molar-refractivity contribution in [2.75, 3.05) is 7.11 Å². The summed E-state index contributed by atoms with van der Waals surface area (Å²) in [6, 6.07) is 11.3. The van der Waals surface area contributed by atoms with Crippen LogP contribution in [-0.4, -0.2) is 29.6 Å². The van der Waals surface area contributed by atoms with Crippen LogP contribution in [0.1, 0.15) is 29.3 Å². The van der Waals surface area contributed by atoms with Crippen LogP contribution in [-0.2, 0) is 4.74 Å². The van der Waals surface area contributed by atoms with Gasteiger partial charge >= 0.3 is 12.3 Å². The predicted octanol–water partition coefficient (Wildman–Crippen LogP) is 4.56. The Hall–Kier alpha value is -3.56. The minimum atomic E-state index is -4.81. The first-order chi connectivity index (χ1) is 13.7. The second-order valence-corrected chi connectivity index (χ2v) is 5.79. The van der Waals surface area contributed by atoms with Gasteiger partial charge in [0.2, 0.25) is 5.89 Å². The second-order valence-electron chi connectivity index (χ2n) is 5.79. The monoisotopic (exact) mass is 408 g/mol. The third kappa shape index (κ3) is 5.24. The lowest BCUT2D eigenvalue weighted by molar-refractivity contribution is -0.274. The molecule has 29 heavy (non-hydrogen) atoms. The van der Waals surface area contributed by atoms with E-state index in [1.165, 1.54) is 6.92 Å². The van der Waals surface area contributed by atoms with Crippen molar-refractivity contribution in [1.82, 2.24) is 10.2 Å². The number of nitrogens with zero attached hydrogens (tertiary/aromatic N) is 2. The van der Waals surface area contributed by atoms with Gasteiger partial charge in [-0.05, 0) is 55.5 Å². The SMILES string of the molecule is COc1ccc(-c2nnc([C@H](C)OC(=O)c3ccc(OC(F)(F)F)cc3)o2)cc1. The lowest BCUT2D eigenvalue weighted by Crippen LogP contribution is -2.17. The Labute approximate surface area is 163 Å². The van der Waals surface area contributed by atoms with E-state index in [4.69, 9.17) is 13.9 Å². The van der Waals surface area contributed by atoms with Crippen LogP contribution in [0, 0.1) is 0 Å². The van der Waals surface area contributed by atoms with Crippen molar-refractivity contribution in [3.8, 4) is 23.0 Å². The number of carbonyl (C=O) groups excluding carboxylic acids is 1. The molecule has 0 bridgehead atoms. The van der Waals surface area contributed by atoms with Crippen LogP contribution in [0.25, 0.3) is 11.5 Å². The summed E-state index contributed by atoms with van der Waals surface area (Å²) in [7, 11) is 1.55. The van der Waals surface area contributed by atoms with Gasteiger partial charge in [-0.15, -0.1) is 23.4 Å². The van der Waals surface area contributed by atoms with Gasteiger partial charge in [-0.3, -0.25) is 0 Å². The smallest absolute Gasteiger partial charge is 0.497 e. The Morgan fingerprint density at radius 3 is 2.21 bits per heavy atom. The van der Waals surface area contributed by atoms with Crippen molar-refractivity contribution in [2.24, 2.45) is 0 Å². The summed E-state index contributed by atoms with van der Waals surface area (Å²) < 4.78 is 56.1. The highest BCUT2D eigenvalue weighted by atomic mass is 19.4. The van der Waals surface area contributed by atoms with Gasteiger partial charge in [-0.25, -0.2) is 4.79 Å². The highest BCUT2D eigenvalue weighted by Crippen LogP contribution is 2.26. The summed E-state index contributed by atoms with van der Waals surface area (Å²) >= 11 is 0. The van der Waals surface area contributed by atoms with E-state index in [9.17, 15) is 18.0 Å². The van der Waals surface area contributed by atoms with Crippen LogP contribution in [0.2, 0.25) is 0 Å². The molecule has 10 heteroatoms. The molecule has 0 fully saturated rings.